The molecule has 164 valence electrons. The Balaban J connectivity index is 1.43. The lowest BCUT2D eigenvalue weighted by molar-refractivity contribution is -0.118. The van der Waals surface area contributed by atoms with E-state index in [2.05, 4.69) is 16.0 Å². The fourth-order valence-corrected chi connectivity index (χ4v) is 2.74. The van der Waals surface area contributed by atoms with E-state index in [1.807, 2.05) is 6.07 Å². The van der Waals surface area contributed by atoms with Gasteiger partial charge in [0.15, 0.2) is 6.61 Å². The van der Waals surface area contributed by atoms with Crippen LogP contribution in [0.2, 0.25) is 0 Å². The molecule has 0 aliphatic heterocycles. The van der Waals surface area contributed by atoms with Crippen LogP contribution in [0.5, 0.6) is 11.5 Å². The zero-order valence-corrected chi connectivity index (χ0v) is 17.5. The number of methoxy groups -OCH3 is 1. The van der Waals surface area contributed by atoms with E-state index in [1.165, 1.54) is 0 Å². The summed E-state index contributed by atoms with van der Waals surface area (Å²) in [6.07, 6.45) is 0. The van der Waals surface area contributed by atoms with Gasteiger partial charge < -0.3 is 25.4 Å². The Bertz CT molecular complexity index is 1070. The second kappa shape index (κ2) is 11.2. The van der Waals surface area contributed by atoms with Gasteiger partial charge in [0.1, 0.15) is 11.5 Å². The van der Waals surface area contributed by atoms with Crippen molar-refractivity contribution in [2.24, 2.45) is 0 Å². The van der Waals surface area contributed by atoms with Gasteiger partial charge in [-0.1, -0.05) is 24.3 Å². The van der Waals surface area contributed by atoms with E-state index in [-0.39, 0.29) is 25.0 Å². The number of ether oxygens (including phenoxy) is 2. The number of nitrogens with one attached hydrogen (secondary N) is 3. The monoisotopic (exact) mass is 433 g/mol. The highest BCUT2D eigenvalue weighted by molar-refractivity contribution is 5.99. The van der Waals surface area contributed by atoms with Gasteiger partial charge in [0.25, 0.3) is 11.8 Å². The van der Waals surface area contributed by atoms with Gasteiger partial charge in [0.2, 0.25) is 5.91 Å². The molecule has 3 aromatic rings. The third-order valence-electron chi connectivity index (χ3n) is 4.31. The van der Waals surface area contributed by atoms with Crippen LogP contribution in [-0.4, -0.2) is 38.0 Å². The fraction of sp³-hybridized carbons (Fsp3) is 0.125. The van der Waals surface area contributed by atoms with Gasteiger partial charge in [-0.25, -0.2) is 0 Å². The molecule has 0 aromatic heterocycles. The average molecular weight is 433 g/mol. The van der Waals surface area contributed by atoms with Crippen molar-refractivity contribution in [3.8, 4) is 11.5 Å². The zero-order chi connectivity index (χ0) is 22.8. The molecule has 0 heterocycles. The number of amides is 3. The first-order valence-corrected chi connectivity index (χ1v) is 9.83. The molecular weight excluding hydrogens is 410 g/mol. The quantitative estimate of drug-likeness (QED) is 0.481. The Labute approximate surface area is 185 Å². The summed E-state index contributed by atoms with van der Waals surface area (Å²) >= 11 is 0. The van der Waals surface area contributed by atoms with Crippen LogP contribution in [0.1, 0.15) is 10.4 Å². The van der Waals surface area contributed by atoms with Crippen LogP contribution in [0.3, 0.4) is 0 Å². The summed E-state index contributed by atoms with van der Waals surface area (Å²) in [5.74, 6) is 0.0193. The topological polar surface area (TPSA) is 106 Å². The second-order valence-electron chi connectivity index (χ2n) is 6.69. The molecular formula is C24H23N3O5. The van der Waals surface area contributed by atoms with Crippen LogP contribution in [0, 0.1) is 0 Å². The minimum Gasteiger partial charge on any atom is -0.497 e. The molecule has 0 radical (unpaired) electrons. The van der Waals surface area contributed by atoms with Gasteiger partial charge in [0.05, 0.1) is 13.7 Å². The Hall–Kier alpha value is -4.33. The Kier molecular flexibility index (Phi) is 7.80. The van der Waals surface area contributed by atoms with E-state index in [0.29, 0.717) is 28.4 Å². The van der Waals surface area contributed by atoms with Crippen molar-refractivity contribution < 1.29 is 23.9 Å². The predicted octanol–water partition coefficient (Wildman–Crippen LogP) is 3.08. The number of carbonyl (C=O) groups excluding carboxylic acids is 3. The van der Waals surface area contributed by atoms with Gasteiger partial charge in [-0.15, -0.1) is 0 Å². The first-order valence-electron chi connectivity index (χ1n) is 9.83. The molecule has 3 aromatic carbocycles. The maximum absolute atomic E-state index is 12.2. The highest BCUT2D eigenvalue weighted by atomic mass is 16.5. The minimum atomic E-state index is -0.393. The van der Waals surface area contributed by atoms with Crippen molar-refractivity contribution in [1.29, 1.82) is 0 Å². The fourth-order valence-electron chi connectivity index (χ4n) is 2.74. The maximum atomic E-state index is 12.2. The molecule has 3 amide bonds. The molecule has 0 unspecified atom stereocenters. The SMILES string of the molecule is COc1cccc(NC(=O)COc2ccc(C(=O)NCC(=O)Nc3ccccc3)cc2)c1. The normalized spacial score (nSPS) is 10.0. The summed E-state index contributed by atoms with van der Waals surface area (Å²) in [4.78, 5) is 36.2. The van der Waals surface area contributed by atoms with E-state index < -0.39 is 5.91 Å². The van der Waals surface area contributed by atoms with Gasteiger partial charge in [-0.2, -0.15) is 0 Å². The molecule has 0 atom stereocenters. The predicted molar refractivity (Wildman–Crippen MR) is 121 cm³/mol. The lowest BCUT2D eigenvalue weighted by Gasteiger charge is -2.09. The maximum Gasteiger partial charge on any atom is 0.262 e. The molecule has 0 aliphatic rings. The number of anilines is 2. The van der Waals surface area contributed by atoms with E-state index in [4.69, 9.17) is 9.47 Å². The number of rotatable bonds is 9. The highest BCUT2D eigenvalue weighted by Gasteiger charge is 2.09. The molecule has 0 fully saturated rings. The van der Waals surface area contributed by atoms with Crippen LogP contribution in [0.15, 0.2) is 78.9 Å². The van der Waals surface area contributed by atoms with Gasteiger partial charge in [-0.05, 0) is 48.5 Å². The van der Waals surface area contributed by atoms with Crippen LogP contribution >= 0.6 is 0 Å². The summed E-state index contributed by atoms with van der Waals surface area (Å²) in [5.41, 5.74) is 1.62. The van der Waals surface area contributed by atoms with Crippen LogP contribution in [0.25, 0.3) is 0 Å². The highest BCUT2D eigenvalue weighted by Crippen LogP contribution is 2.17. The molecule has 0 bridgehead atoms. The molecule has 0 aliphatic carbocycles. The number of hydrogen-bond acceptors (Lipinski definition) is 5. The Morgan fingerprint density at radius 1 is 0.750 bits per heavy atom. The van der Waals surface area contributed by atoms with Crippen LogP contribution < -0.4 is 25.4 Å². The molecule has 32 heavy (non-hydrogen) atoms. The van der Waals surface area contributed by atoms with Crippen molar-refractivity contribution >= 4 is 29.1 Å². The first-order chi connectivity index (χ1) is 15.5. The van der Waals surface area contributed by atoms with Crippen LogP contribution in [0.4, 0.5) is 11.4 Å². The zero-order valence-electron chi connectivity index (χ0n) is 17.5. The minimum absolute atomic E-state index is 0.156. The molecule has 3 N–H and O–H groups in total. The van der Waals surface area contributed by atoms with Crippen molar-refractivity contribution in [2.45, 2.75) is 0 Å². The largest absolute Gasteiger partial charge is 0.497 e. The van der Waals surface area contributed by atoms with E-state index in [9.17, 15) is 14.4 Å². The van der Waals surface area contributed by atoms with Crippen molar-refractivity contribution in [1.82, 2.24) is 5.32 Å². The van der Waals surface area contributed by atoms with E-state index in [1.54, 1.807) is 79.9 Å². The molecule has 0 saturated carbocycles. The standard InChI is InChI=1S/C24H23N3O5/c1-31-21-9-5-8-19(14-21)27-23(29)16-32-20-12-10-17(11-13-20)24(30)25-15-22(28)26-18-6-3-2-4-7-18/h2-14H,15-16H2,1H3,(H,25,30)(H,26,28)(H,27,29). The third kappa shape index (κ3) is 6.88. The van der Waals surface area contributed by atoms with Crippen molar-refractivity contribution in [3.05, 3.63) is 84.4 Å². The lowest BCUT2D eigenvalue weighted by atomic mass is 10.2. The van der Waals surface area contributed by atoms with Crippen molar-refractivity contribution in [3.63, 3.8) is 0 Å². The smallest absolute Gasteiger partial charge is 0.262 e. The average Bonchev–Trinajstić information content (AvgIpc) is 2.82. The third-order valence-corrected chi connectivity index (χ3v) is 4.31. The number of benzene rings is 3. The van der Waals surface area contributed by atoms with E-state index in [0.717, 1.165) is 0 Å². The Morgan fingerprint density at radius 2 is 1.44 bits per heavy atom. The summed E-state index contributed by atoms with van der Waals surface area (Å²) in [6, 6.07) is 22.2. The molecule has 0 spiro atoms. The lowest BCUT2D eigenvalue weighted by Crippen LogP contribution is -2.32. The van der Waals surface area contributed by atoms with Crippen molar-refractivity contribution in [2.75, 3.05) is 30.9 Å². The van der Waals surface area contributed by atoms with Gasteiger partial charge in [0, 0.05) is 23.0 Å². The summed E-state index contributed by atoms with van der Waals surface area (Å²) in [5, 5.41) is 7.96. The van der Waals surface area contributed by atoms with Gasteiger partial charge >= 0.3 is 0 Å². The van der Waals surface area contributed by atoms with Crippen LogP contribution in [-0.2, 0) is 9.59 Å². The first kappa shape index (κ1) is 22.4. The Morgan fingerprint density at radius 3 is 2.16 bits per heavy atom. The molecule has 8 heteroatoms. The molecule has 8 nitrogen and oxygen atoms in total. The number of hydrogen-bond donors (Lipinski definition) is 3. The summed E-state index contributed by atoms with van der Waals surface area (Å²) < 4.78 is 10.6. The molecule has 3 rings (SSSR count). The number of carbonyl (C=O) groups is 3. The number of para-hydroxylation sites is 1. The van der Waals surface area contributed by atoms with E-state index >= 15 is 0 Å². The second-order valence-corrected chi connectivity index (χ2v) is 6.69. The van der Waals surface area contributed by atoms with Gasteiger partial charge in [-0.3, -0.25) is 14.4 Å². The summed E-state index contributed by atoms with van der Waals surface area (Å²) in [6.45, 7) is -0.348. The molecule has 0 saturated heterocycles. The summed E-state index contributed by atoms with van der Waals surface area (Å²) in [7, 11) is 1.55.